The molecular weight excluding hydrogens is 252 g/mol. The first-order valence-electron chi connectivity index (χ1n) is 7.68. The highest BCUT2D eigenvalue weighted by atomic mass is 16.5. The van der Waals surface area contributed by atoms with E-state index in [0.29, 0.717) is 6.61 Å². The zero-order valence-corrected chi connectivity index (χ0v) is 11.9. The molecule has 0 bridgehead atoms. The van der Waals surface area contributed by atoms with E-state index in [4.69, 9.17) is 4.74 Å². The van der Waals surface area contributed by atoms with Gasteiger partial charge in [-0.3, -0.25) is 4.79 Å². The van der Waals surface area contributed by atoms with Gasteiger partial charge in [-0.15, -0.1) is 0 Å². The molecule has 1 saturated carbocycles. The first kappa shape index (κ1) is 13.5. The quantitative estimate of drug-likeness (QED) is 0.912. The average molecular weight is 274 g/mol. The predicted molar refractivity (Wildman–Crippen MR) is 77.1 cm³/mol. The molecule has 0 aliphatic heterocycles. The number of ether oxygens (including phenoxy) is 1. The highest BCUT2D eigenvalue weighted by Crippen LogP contribution is 2.39. The van der Waals surface area contributed by atoms with Crippen LogP contribution in [0, 0.1) is 5.41 Å². The Balaban J connectivity index is 1.77. The van der Waals surface area contributed by atoms with Crippen LogP contribution < -0.4 is 4.74 Å². The lowest BCUT2D eigenvalue weighted by atomic mass is 9.87. The monoisotopic (exact) mass is 274 g/mol. The highest BCUT2D eigenvalue weighted by Gasteiger charge is 2.42. The van der Waals surface area contributed by atoms with E-state index in [1.54, 1.807) is 0 Å². The first-order valence-corrected chi connectivity index (χ1v) is 7.68. The zero-order chi connectivity index (χ0) is 14.0. The normalized spacial score (nSPS) is 20.4. The Hall–Kier alpha value is -1.51. The summed E-state index contributed by atoms with van der Waals surface area (Å²) in [7, 11) is 0. The number of benzene rings is 1. The van der Waals surface area contributed by atoms with E-state index in [9.17, 15) is 9.90 Å². The summed E-state index contributed by atoms with van der Waals surface area (Å²) in [5.74, 6) is 0.217. The Labute approximate surface area is 120 Å². The van der Waals surface area contributed by atoms with Crippen molar-refractivity contribution in [3.63, 3.8) is 0 Å². The molecule has 3 heteroatoms. The fourth-order valence-corrected chi connectivity index (χ4v) is 3.57. The molecule has 1 aromatic rings. The third kappa shape index (κ3) is 2.41. The van der Waals surface area contributed by atoms with Crippen molar-refractivity contribution in [3.8, 4) is 5.75 Å². The van der Waals surface area contributed by atoms with Crippen LogP contribution in [0.15, 0.2) is 18.2 Å². The van der Waals surface area contributed by atoms with Crippen molar-refractivity contribution < 1.29 is 14.6 Å². The second-order valence-corrected chi connectivity index (χ2v) is 6.18. The van der Waals surface area contributed by atoms with Crippen LogP contribution in [-0.2, 0) is 17.6 Å². The van der Waals surface area contributed by atoms with Gasteiger partial charge in [-0.1, -0.05) is 25.0 Å². The Kier molecular flexibility index (Phi) is 3.68. The number of carboxylic acid groups (broad SMARTS) is 1. The highest BCUT2D eigenvalue weighted by molar-refractivity contribution is 5.75. The largest absolute Gasteiger partial charge is 0.492 e. The molecule has 3 rings (SSSR count). The molecule has 0 spiro atoms. The van der Waals surface area contributed by atoms with Gasteiger partial charge in [-0.2, -0.15) is 0 Å². The van der Waals surface area contributed by atoms with Gasteiger partial charge in [0, 0.05) is 0 Å². The molecule has 0 aromatic heterocycles. The van der Waals surface area contributed by atoms with Crippen LogP contribution in [-0.4, -0.2) is 17.7 Å². The van der Waals surface area contributed by atoms with Gasteiger partial charge in [-0.05, 0) is 55.7 Å². The average Bonchev–Trinajstić information content (AvgIpc) is 2.95. The van der Waals surface area contributed by atoms with Gasteiger partial charge >= 0.3 is 5.97 Å². The lowest BCUT2D eigenvalue weighted by Crippen LogP contribution is -2.34. The molecule has 0 amide bonds. The molecular formula is C17H22O3. The van der Waals surface area contributed by atoms with Crippen molar-refractivity contribution in [2.75, 3.05) is 6.61 Å². The van der Waals surface area contributed by atoms with E-state index in [1.165, 1.54) is 24.0 Å². The number of carbonyl (C=O) groups is 1. The summed E-state index contributed by atoms with van der Waals surface area (Å²) in [6.45, 7) is 0.318. The molecule has 0 radical (unpaired) electrons. The molecule has 3 nitrogen and oxygen atoms in total. The van der Waals surface area contributed by atoms with Crippen LogP contribution in [0.25, 0.3) is 0 Å². The van der Waals surface area contributed by atoms with Gasteiger partial charge in [0.1, 0.15) is 17.8 Å². The topological polar surface area (TPSA) is 46.5 Å². The third-order valence-corrected chi connectivity index (χ3v) is 4.87. The molecule has 0 heterocycles. The van der Waals surface area contributed by atoms with Crippen molar-refractivity contribution in [1.29, 1.82) is 0 Å². The molecule has 1 aromatic carbocycles. The minimum absolute atomic E-state index is 0.318. The van der Waals surface area contributed by atoms with Crippen LogP contribution >= 0.6 is 0 Å². The van der Waals surface area contributed by atoms with E-state index in [2.05, 4.69) is 6.07 Å². The fraction of sp³-hybridized carbons (Fsp3) is 0.588. The minimum atomic E-state index is -0.695. The fourth-order valence-electron chi connectivity index (χ4n) is 3.57. The van der Waals surface area contributed by atoms with E-state index >= 15 is 0 Å². The Morgan fingerprint density at radius 1 is 1.15 bits per heavy atom. The number of rotatable bonds is 4. The summed E-state index contributed by atoms with van der Waals surface area (Å²) in [6, 6.07) is 6.19. The second kappa shape index (κ2) is 5.47. The van der Waals surface area contributed by atoms with E-state index in [1.807, 2.05) is 12.1 Å². The molecule has 2 aliphatic rings. The molecule has 0 unspecified atom stereocenters. The maximum Gasteiger partial charge on any atom is 0.313 e. The molecule has 2 aliphatic carbocycles. The summed E-state index contributed by atoms with van der Waals surface area (Å²) in [4.78, 5) is 11.6. The Morgan fingerprint density at radius 3 is 2.65 bits per heavy atom. The van der Waals surface area contributed by atoms with Crippen LogP contribution in [0.3, 0.4) is 0 Å². The molecule has 108 valence electrons. The summed E-state index contributed by atoms with van der Waals surface area (Å²) in [6.07, 6.45) is 8.13. The SMILES string of the molecule is O=C(O)C1(COc2cccc3c2CCCC3)CCCC1. The van der Waals surface area contributed by atoms with Gasteiger partial charge in [0.15, 0.2) is 0 Å². The van der Waals surface area contributed by atoms with Gasteiger partial charge in [-0.25, -0.2) is 0 Å². The number of hydrogen-bond donors (Lipinski definition) is 1. The molecule has 0 saturated heterocycles. The number of fused-ring (bicyclic) bond motifs is 1. The van der Waals surface area contributed by atoms with E-state index in [0.717, 1.165) is 44.3 Å². The zero-order valence-electron chi connectivity index (χ0n) is 11.9. The number of aliphatic carboxylic acids is 1. The van der Waals surface area contributed by atoms with Crippen LogP contribution in [0.1, 0.15) is 49.7 Å². The molecule has 1 N–H and O–H groups in total. The van der Waals surface area contributed by atoms with Crippen molar-refractivity contribution >= 4 is 5.97 Å². The second-order valence-electron chi connectivity index (χ2n) is 6.18. The van der Waals surface area contributed by atoms with Crippen LogP contribution in [0.2, 0.25) is 0 Å². The van der Waals surface area contributed by atoms with Crippen molar-refractivity contribution in [1.82, 2.24) is 0 Å². The molecule has 20 heavy (non-hydrogen) atoms. The predicted octanol–water partition coefficient (Wildman–Crippen LogP) is 3.59. The van der Waals surface area contributed by atoms with Gasteiger partial charge < -0.3 is 9.84 Å². The lowest BCUT2D eigenvalue weighted by Gasteiger charge is -2.26. The van der Waals surface area contributed by atoms with Gasteiger partial charge in [0.25, 0.3) is 0 Å². The van der Waals surface area contributed by atoms with Crippen molar-refractivity contribution in [3.05, 3.63) is 29.3 Å². The summed E-state index contributed by atoms with van der Waals surface area (Å²) >= 11 is 0. The number of hydrogen-bond acceptors (Lipinski definition) is 2. The maximum atomic E-state index is 11.6. The smallest absolute Gasteiger partial charge is 0.313 e. The molecule has 1 fully saturated rings. The summed E-state index contributed by atoms with van der Waals surface area (Å²) in [5.41, 5.74) is 2.03. The van der Waals surface area contributed by atoms with E-state index < -0.39 is 11.4 Å². The maximum absolute atomic E-state index is 11.6. The lowest BCUT2D eigenvalue weighted by molar-refractivity contribution is -0.150. The van der Waals surface area contributed by atoms with Crippen molar-refractivity contribution in [2.45, 2.75) is 51.4 Å². The molecule has 0 atom stereocenters. The van der Waals surface area contributed by atoms with Gasteiger partial charge in [0.05, 0.1) is 0 Å². The summed E-state index contributed by atoms with van der Waals surface area (Å²) < 4.78 is 5.97. The third-order valence-electron chi connectivity index (χ3n) is 4.87. The Bertz CT molecular complexity index is 501. The Morgan fingerprint density at radius 2 is 1.90 bits per heavy atom. The first-order chi connectivity index (χ1) is 9.71. The standard InChI is InChI=1S/C17H22O3/c18-16(19)17(10-3-4-11-17)12-20-15-9-5-7-13-6-1-2-8-14(13)15/h5,7,9H,1-4,6,8,10-12H2,(H,18,19). The van der Waals surface area contributed by atoms with Gasteiger partial charge in [0.2, 0.25) is 0 Å². The minimum Gasteiger partial charge on any atom is -0.492 e. The summed E-state index contributed by atoms with van der Waals surface area (Å²) in [5, 5.41) is 9.50. The number of carboxylic acids is 1. The van der Waals surface area contributed by atoms with Crippen LogP contribution in [0.4, 0.5) is 0 Å². The van der Waals surface area contributed by atoms with Crippen LogP contribution in [0.5, 0.6) is 5.75 Å². The van der Waals surface area contributed by atoms with E-state index in [-0.39, 0.29) is 0 Å². The van der Waals surface area contributed by atoms with Crippen molar-refractivity contribution in [2.24, 2.45) is 5.41 Å². The number of aryl methyl sites for hydroxylation is 1.